The van der Waals surface area contributed by atoms with Gasteiger partial charge in [-0.05, 0) is 24.3 Å². The van der Waals surface area contributed by atoms with E-state index in [0.717, 1.165) is 6.42 Å². The predicted molar refractivity (Wildman–Crippen MR) is 82.6 cm³/mol. The second-order valence-electron chi connectivity index (χ2n) is 5.54. The molecule has 0 heterocycles. The van der Waals surface area contributed by atoms with E-state index in [-0.39, 0.29) is 29.8 Å². The SMILES string of the molecule is CC(N)CCNC(=O)CC(C)(C)c1ccccc1.Cl. The number of carbonyl (C=O) groups is 1. The molecule has 0 radical (unpaired) electrons. The summed E-state index contributed by atoms with van der Waals surface area (Å²) in [6, 6.07) is 10.3. The summed E-state index contributed by atoms with van der Waals surface area (Å²) in [6.07, 6.45) is 1.31. The Morgan fingerprint density at radius 2 is 1.89 bits per heavy atom. The van der Waals surface area contributed by atoms with Gasteiger partial charge in [-0.25, -0.2) is 0 Å². The zero-order valence-corrected chi connectivity index (χ0v) is 12.8. The van der Waals surface area contributed by atoms with E-state index < -0.39 is 0 Å². The molecule has 3 N–H and O–H groups in total. The molecule has 0 aliphatic rings. The van der Waals surface area contributed by atoms with Crippen molar-refractivity contribution in [3.05, 3.63) is 35.9 Å². The Kier molecular flexibility index (Phi) is 7.72. The summed E-state index contributed by atoms with van der Waals surface area (Å²) < 4.78 is 0. The van der Waals surface area contributed by atoms with Gasteiger partial charge in [0.05, 0.1) is 0 Å². The molecule has 4 heteroatoms. The summed E-state index contributed by atoms with van der Waals surface area (Å²) >= 11 is 0. The topological polar surface area (TPSA) is 55.1 Å². The van der Waals surface area contributed by atoms with Crippen LogP contribution in [0.15, 0.2) is 30.3 Å². The average molecular weight is 285 g/mol. The lowest BCUT2D eigenvalue weighted by Crippen LogP contribution is -2.33. The number of hydrogen-bond acceptors (Lipinski definition) is 2. The van der Waals surface area contributed by atoms with Gasteiger partial charge in [0.15, 0.2) is 0 Å². The van der Waals surface area contributed by atoms with Gasteiger partial charge < -0.3 is 11.1 Å². The number of halogens is 1. The molecule has 1 aromatic rings. The van der Waals surface area contributed by atoms with Crippen LogP contribution in [0.3, 0.4) is 0 Å². The minimum absolute atomic E-state index is 0. The van der Waals surface area contributed by atoms with Crippen LogP contribution in [-0.4, -0.2) is 18.5 Å². The Labute approximate surface area is 122 Å². The summed E-state index contributed by atoms with van der Waals surface area (Å²) in [5.74, 6) is 0.0875. The molecule has 0 bridgehead atoms. The molecule has 0 saturated carbocycles. The maximum absolute atomic E-state index is 11.9. The van der Waals surface area contributed by atoms with Crippen molar-refractivity contribution in [3.63, 3.8) is 0 Å². The standard InChI is InChI=1S/C15H24N2O.ClH/c1-12(16)9-10-17-14(18)11-15(2,3)13-7-5-4-6-8-13;/h4-8,12H,9-11,16H2,1-3H3,(H,17,18);1H. The number of nitrogens with one attached hydrogen (secondary N) is 1. The highest BCUT2D eigenvalue weighted by atomic mass is 35.5. The Balaban J connectivity index is 0.00000324. The highest BCUT2D eigenvalue weighted by Crippen LogP contribution is 2.26. The number of nitrogens with two attached hydrogens (primary N) is 1. The Bertz CT molecular complexity index is 377. The third-order valence-electron chi connectivity index (χ3n) is 3.08. The molecule has 1 rings (SSSR count). The van der Waals surface area contributed by atoms with Crippen molar-refractivity contribution in [2.24, 2.45) is 5.73 Å². The van der Waals surface area contributed by atoms with E-state index in [0.29, 0.717) is 13.0 Å². The lowest BCUT2D eigenvalue weighted by Gasteiger charge is -2.24. The Morgan fingerprint density at radius 1 is 1.32 bits per heavy atom. The van der Waals surface area contributed by atoms with Crippen LogP contribution in [0.25, 0.3) is 0 Å². The van der Waals surface area contributed by atoms with Crippen LogP contribution < -0.4 is 11.1 Å². The molecule has 0 fully saturated rings. The van der Waals surface area contributed by atoms with Gasteiger partial charge >= 0.3 is 0 Å². The summed E-state index contributed by atoms with van der Waals surface area (Å²) in [6.45, 7) is 6.78. The fraction of sp³-hybridized carbons (Fsp3) is 0.533. The molecular weight excluding hydrogens is 260 g/mol. The van der Waals surface area contributed by atoms with Crippen LogP contribution in [0, 0.1) is 0 Å². The number of benzene rings is 1. The first kappa shape index (κ1) is 17.9. The number of hydrogen-bond donors (Lipinski definition) is 2. The lowest BCUT2D eigenvalue weighted by molar-refractivity contribution is -0.122. The van der Waals surface area contributed by atoms with Crippen molar-refractivity contribution < 1.29 is 4.79 Å². The maximum Gasteiger partial charge on any atom is 0.220 e. The lowest BCUT2D eigenvalue weighted by atomic mass is 9.81. The van der Waals surface area contributed by atoms with Crippen molar-refractivity contribution in [2.45, 2.75) is 45.1 Å². The Morgan fingerprint density at radius 3 is 2.42 bits per heavy atom. The average Bonchev–Trinajstić information content (AvgIpc) is 2.29. The monoisotopic (exact) mass is 284 g/mol. The van der Waals surface area contributed by atoms with E-state index in [4.69, 9.17) is 5.73 Å². The van der Waals surface area contributed by atoms with E-state index in [1.54, 1.807) is 0 Å². The van der Waals surface area contributed by atoms with Gasteiger partial charge in [-0.2, -0.15) is 0 Å². The fourth-order valence-corrected chi connectivity index (χ4v) is 1.89. The van der Waals surface area contributed by atoms with Crippen molar-refractivity contribution in [1.29, 1.82) is 0 Å². The second kappa shape index (κ2) is 8.18. The van der Waals surface area contributed by atoms with E-state index in [1.807, 2.05) is 25.1 Å². The fourth-order valence-electron chi connectivity index (χ4n) is 1.89. The molecule has 0 spiro atoms. The predicted octanol–water partition coefficient (Wildman–Crippen LogP) is 2.63. The van der Waals surface area contributed by atoms with Gasteiger partial charge in [0.25, 0.3) is 0 Å². The molecule has 108 valence electrons. The van der Waals surface area contributed by atoms with Crippen LogP contribution >= 0.6 is 12.4 Å². The Hall–Kier alpha value is -1.06. The maximum atomic E-state index is 11.9. The largest absolute Gasteiger partial charge is 0.356 e. The van der Waals surface area contributed by atoms with Gasteiger partial charge in [0.1, 0.15) is 0 Å². The van der Waals surface area contributed by atoms with Gasteiger partial charge in [-0.3, -0.25) is 4.79 Å². The van der Waals surface area contributed by atoms with Gasteiger partial charge in [-0.15, -0.1) is 12.4 Å². The molecule has 0 aliphatic heterocycles. The van der Waals surface area contributed by atoms with E-state index in [9.17, 15) is 4.79 Å². The highest BCUT2D eigenvalue weighted by Gasteiger charge is 2.23. The molecule has 3 nitrogen and oxygen atoms in total. The summed E-state index contributed by atoms with van der Waals surface area (Å²) in [4.78, 5) is 11.9. The zero-order valence-electron chi connectivity index (χ0n) is 12.0. The normalized spacial score (nSPS) is 12.4. The molecule has 1 unspecified atom stereocenters. The minimum Gasteiger partial charge on any atom is -0.356 e. The third-order valence-corrected chi connectivity index (χ3v) is 3.08. The molecule has 0 saturated heterocycles. The van der Waals surface area contributed by atoms with Gasteiger partial charge in [-0.1, -0.05) is 44.2 Å². The third kappa shape index (κ3) is 6.60. The van der Waals surface area contributed by atoms with E-state index in [2.05, 4.69) is 31.3 Å². The number of rotatable bonds is 6. The molecular formula is C15H25ClN2O. The van der Waals surface area contributed by atoms with Crippen LogP contribution in [0.1, 0.15) is 39.2 Å². The number of carbonyl (C=O) groups excluding carboxylic acids is 1. The van der Waals surface area contributed by atoms with Crippen LogP contribution in [0.2, 0.25) is 0 Å². The molecule has 19 heavy (non-hydrogen) atoms. The zero-order chi connectivity index (χ0) is 13.6. The van der Waals surface area contributed by atoms with Crippen LogP contribution in [0.4, 0.5) is 0 Å². The quantitative estimate of drug-likeness (QED) is 0.844. The highest BCUT2D eigenvalue weighted by molar-refractivity contribution is 5.85. The molecule has 1 aromatic carbocycles. The number of amides is 1. The van der Waals surface area contributed by atoms with Crippen LogP contribution in [-0.2, 0) is 10.2 Å². The van der Waals surface area contributed by atoms with Crippen molar-refractivity contribution in [1.82, 2.24) is 5.32 Å². The molecule has 1 amide bonds. The van der Waals surface area contributed by atoms with Crippen molar-refractivity contribution in [3.8, 4) is 0 Å². The smallest absolute Gasteiger partial charge is 0.220 e. The first-order valence-corrected chi connectivity index (χ1v) is 6.49. The molecule has 1 atom stereocenters. The van der Waals surface area contributed by atoms with Crippen molar-refractivity contribution >= 4 is 18.3 Å². The summed E-state index contributed by atoms with van der Waals surface area (Å²) in [5, 5.41) is 2.92. The second-order valence-corrected chi connectivity index (χ2v) is 5.54. The van der Waals surface area contributed by atoms with Gasteiger partial charge in [0, 0.05) is 19.0 Å². The van der Waals surface area contributed by atoms with Crippen molar-refractivity contribution in [2.75, 3.05) is 6.54 Å². The van der Waals surface area contributed by atoms with E-state index >= 15 is 0 Å². The summed E-state index contributed by atoms with van der Waals surface area (Å²) in [7, 11) is 0. The first-order chi connectivity index (χ1) is 8.42. The van der Waals surface area contributed by atoms with Crippen LogP contribution in [0.5, 0.6) is 0 Å². The van der Waals surface area contributed by atoms with E-state index in [1.165, 1.54) is 5.56 Å². The van der Waals surface area contributed by atoms with Gasteiger partial charge in [0.2, 0.25) is 5.91 Å². The molecule has 0 aromatic heterocycles. The summed E-state index contributed by atoms with van der Waals surface area (Å²) in [5.41, 5.74) is 6.69. The first-order valence-electron chi connectivity index (χ1n) is 6.49. The minimum atomic E-state index is -0.139. The molecule has 0 aliphatic carbocycles.